The van der Waals surface area contributed by atoms with Crippen molar-refractivity contribution in [1.82, 2.24) is 4.90 Å². The smallest absolute Gasteiger partial charge is 0.322 e. The Morgan fingerprint density at radius 3 is 2.92 bits per heavy atom. The fraction of sp³-hybridized carbons (Fsp3) is 0.450. The maximum atomic E-state index is 12.9. The molecule has 1 atom stereocenters. The average molecular weight is 359 g/mol. The summed E-state index contributed by atoms with van der Waals surface area (Å²) in [6.07, 6.45) is 1.85. The van der Waals surface area contributed by atoms with Gasteiger partial charge in [0.15, 0.2) is 0 Å². The lowest BCUT2D eigenvalue weighted by Gasteiger charge is -2.35. The molecule has 134 valence electrons. The summed E-state index contributed by atoms with van der Waals surface area (Å²) in [5.74, 6) is 1.16. The van der Waals surface area contributed by atoms with E-state index < -0.39 is 0 Å². The molecule has 5 heteroatoms. The van der Waals surface area contributed by atoms with Gasteiger partial charge in [0.1, 0.15) is 5.75 Å². The van der Waals surface area contributed by atoms with E-state index in [-0.39, 0.29) is 12.1 Å². The molecule has 2 heterocycles. The number of ether oxygens (including phenoxy) is 1. The predicted molar refractivity (Wildman–Crippen MR) is 104 cm³/mol. The number of thiophene rings is 1. The summed E-state index contributed by atoms with van der Waals surface area (Å²) in [7, 11) is 0. The highest BCUT2D eigenvalue weighted by molar-refractivity contribution is 7.10. The van der Waals surface area contributed by atoms with Crippen LogP contribution in [0.25, 0.3) is 0 Å². The number of carbonyl (C=O) groups is 1. The van der Waals surface area contributed by atoms with Gasteiger partial charge in [-0.1, -0.05) is 32.9 Å². The van der Waals surface area contributed by atoms with Crippen LogP contribution in [0.15, 0.2) is 35.7 Å². The molecule has 0 saturated carbocycles. The number of nitrogens with one attached hydrogen (secondary N) is 1. The Kier molecular flexibility index (Phi) is 5.63. The monoisotopic (exact) mass is 358 g/mol. The number of hydrogen-bond acceptors (Lipinski definition) is 3. The number of anilines is 1. The molecule has 1 aliphatic heterocycles. The summed E-state index contributed by atoms with van der Waals surface area (Å²) in [5.41, 5.74) is 2.04. The van der Waals surface area contributed by atoms with Crippen LogP contribution in [0.2, 0.25) is 0 Å². The molecule has 1 aromatic heterocycles. The van der Waals surface area contributed by atoms with E-state index in [4.69, 9.17) is 4.74 Å². The predicted octanol–water partition coefficient (Wildman–Crippen LogP) is 5.32. The molecule has 0 saturated heterocycles. The Balaban J connectivity index is 1.74. The third-order valence-corrected chi connectivity index (χ3v) is 5.44. The molecule has 0 radical (unpaired) electrons. The molecular formula is C20H26N2O2S. The van der Waals surface area contributed by atoms with Crippen LogP contribution in [0, 0.1) is 5.92 Å². The van der Waals surface area contributed by atoms with Crippen LogP contribution in [-0.2, 0) is 6.42 Å². The van der Waals surface area contributed by atoms with Crippen molar-refractivity contribution in [3.63, 3.8) is 0 Å². The molecule has 0 bridgehead atoms. The van der Waals surface area contributed by atoms with E-state index in [2.05, 4.69) is 37.5 Å². The first-order valence-corrected chi connectivity index (χ1v) is 9.83. The second-order valence-corrected chi connectivity index (χ2v) is 7.80. The molecule has 0 aliphatic carbocycles. The maximum absolute atomic E-state index is 12.9. The first kappa shape index (κ1) is 17.8. The van der Waals surface area contributed by atoms with Crippen molar-refractivity contribution < 1.29 is 9.53 Å². The lowest BCUT2D eigenvalue weighted by atomic mass is 9.98. The number of amides is 2. The molecule has 1 unspecified atom stereocenters. The van der Waals surface area contributed by atoms with Crippen molar-refractivity contribution in [2.45, 2.75) is 39.7 Å². The average Bonchev–Trinajstić information content (AvgIpc) is 3.08. The Morgan fingerprint density at radius 2 is 2.16 bits per heavy atom. The highest BCUT2D eigenvalue weighted by Gasteiger charge is 2.30. The minimum absolute atomic E-state index is 0.0516. The van der Waals surface area contributed by atoms with E-state index >= 15 is 0 Å². The van der Waals surface area contributed by atoms with Crippen LogP contribution in [-0.4, -0.2) is 24.1 Å². The number of rotatable bonds is 5. The van der Waals surface area contributed by atoms with Gasteiger partial charge in [-0.25, -0.2) is 4.79 Å². The van der Waals surface area contributed by atoms with Crippen LogP contribution in [0.3, 0.4) is 0 Å². The van der Waals surface area contributed by atoms with Gasteiger partial charge in [0.2, 0.25) is 0 Å². The summed E-state index contributed by atoms with van der Waals surface area (Å²) in [6, 6.07) is 9.91. The van der Waals surface area contributed by atoms with Gasteiger partial charge in [-0.05, 0) is 47.9 Å². The molecule has 1 aliphatic rings. The molecule has 2 aromatic rings. The molecule has 2 amide bonds. The second-order valence-electron chi connectivity index (χ2n) is 6.80. The first-order valence-electron chi connectivity index (χ1n) is 8.95. The van der Waals surface area contributed by atoms with E-state index in [9.17, 15) is 4.79 Å². The zero-order valence-electron chi connectivity index (χ0n) is 15.1. The lowest BCUT2D eigenvalue weighted by Crippen LogP contribution is -2.41. The molecule has 25 heavy (non-hydrogen) atoms. The van der Waals surface area contributed by atoms with Gasteiger partial charge in [0, 0.05) is 11.4 Å². The minimum Gasteiger partial charge on any atom is -0.491 e. The Hall–Kier alpha value is -2.01. The molecule has 0 spiro atoms. The highest BCUT2D eigenvalue weighted by Crippen LogP contribution is 2.36. The van der Waals surface area contributed by atoms with Crippen molar-refractivity contribution >= 4 is 23.1 Å². The second kappa shape index (κ2) is 7.91. The Morgan fingerprint density at radius 1 is 1.36 bits per heavy atom. The Bertz CT molecular complexity index is 726. The quantitative estimate of drug-likeness (QED) is 0.785. The number of fused-ring (bicyclic) bond motifs is 1. The van der Waals surface area contributed by atoms with E-state index in [1.807, 2.05) is 29.2 Å². The van der Waals surface area contributed by atoms with Crippen LogP contribution in [0.5, 0.6) is 5.75 Å². The summed E-state index contributed by atoms with van der Waals surface area (Å²) in [5, 5.41) is 5.19. The molecule has 4 nitrogen and oxygen atoms in total. The molecule has 3 rings (SSSR count). The SMILES string of the molecule is CCC1c2ccsc2CCN1C(=O)Nc1ccccc1OCC(C)C. The largest absolute Gasteiger partial charge is 0.491 e. The van der Waals surface area contributed by atoms with Gasteiger partial charge in [-0.2, -0.15) is 0 Å². The number of benzene rings is 1. The number of para-hydroxylation sites is 2. The minimum atomic E-state index is -0.0516. The van der Waals surface area contributed by atoms with Crippen LogP contribution in [0.1, 0.15) is 43.7 Å². The van der Waals surface area contributed by atoms with Crippen LogP contribution < -0.4 is 10.1 Å². The fourth-order valence-corrected chi connectivity index (χ4v) is 4.15. The zero-order chi connectivity index (χ0) is 17.8. The molecule has 1 aromatic carbocycles. The van der Waals surface area contributed by atoms with Crippen LogP contribution >= 0.6 is 11.3 Å². The van der Waals surface area contributed by atoms with Crippen molar-refractivity contribution in [3.05, 3.63) is 46.2 Å². The summed E-state index contributed by atoms with van der Waals surface area (Å²) >= 11 is 1.80. The summed E-state index contributed by atoms with van der Waals surface area (Å²) in [6.45, 7) is 7.75. The normalized spacial score (nSPS) is 16.6. The summed E-state index contributed by atoms with van der Waals surface area (Å²) < 4.78 is 5.85. The van der Waals surface area contributed by atoms with Crippen molar-refractivity contribution in [3.8, 4) is 5.75 Å². The highest BCUT2D eigenvalue weighted by atomic mass is 32.1. The van der Waals surface area contributed by atoms with Crippen molar-refractivity contribution in [2.24, 2.45) is 5.92 Å². The van der Waals surface area contributed by atoms with Gasteiger partial charge >= 0.3 is 6.03 Å². The molecule has 1 N–H and O–H groups in total. The van der Waals surface area contributed by atoms with Gasteiger partial charge < -0.3 is 15.0 Å². The fourth-order valence-electron chi connectivity index (χ4n) is 3.22. The first-order chi connectivity index (χ1) is 12.1. The van der Waals surface area contributed by atoms with Crippen LogP contribution in [0.4, 0.5) is 10.5 Å². The number of carbonyl (C=O) groups excluding carboxylic acids is 1. The van der Waals surface area contributed by atoms with Gasteiger partial charge in [-0.3, -0.25) is 0 Å². The standard InChI is InChI=1S/C20H26N2O2S/c1-4-17-15-10-12-25-19(15)9-11-22(17)20(23)21-16-7-5-6-8-18(16)24-13-14(2)3/h5-8,10,12,14,17H,4,9,11,13H2,1-3H3,(H,21,23). The molecule has 0 fully saturated rings. The van der Waals surface area contributed by atoms with E-state index in [0.717, 1.165) is 30.8 Å². The number of hydrogen-bond donors (Lipinski definition) is 1. The lowest BCUT2D eigenvalue weighted by molar-refractivity contribution is 0.181. The van der Waals surface area contributed by atoms with Crippen molar-refractivity contribution in [1.29, 1.82) is 0 Å². The van der Waals surface area contributed by atoms with Gasteiger partial charge in [-0.15, -0.1) is 11.3 Å². The van der Waals surface area contributed by atoms with Gasteiger partial charge in [0.05, 0.1) is 18.3 Å². The topological polar surface area (TPSA) is 41.6 Å². The van der Waals surface area contributed by atoms with E-state index in [0.29, 0.717) is 12.5 Å². The van der Waals surface area contributed by atoms with E-state index in [1.54, 1.807) is 11.3 Å². The third kappa shape index (κ3) is 3.98. The van der Waals surface area contributed by atoms with E-state index in [1.165, 1.54) is 10.4 Å². The summed E-state index contributed by atoms with van der Waals surface area (Å²) in [4.78, 5) is 16.3. The molecular weight excluding hydrogens is 332 g/mol. The third-order valence-electron chi connectivity index (χ3n) is 4.44. The zero-order valence-corrected chi connectivity index (χ0v) is 15.9. The number of nitrogens with zero attached hydrogens (tertiary/aromatic N) is 1. The number of urea groups is 1. The Labute approximate surface area is 153 Å². The van der Waals surface area contributed by atoms with Gasteiger partial charge in [0.25, 0.3) is 0 Å². The van der Waals surface area contributed by atoms with Crippen molar-refractivity contribution in [2.75, 3.05) is 18.5 Å². The maximum Gasteiger partial charge on any atom is 0.322 e.